The van der Waals surface area contributed by atoms with Crippen molar-refractivity contribution in [2.75, 3.05) is 0 Å². The Morgan fingerprint density at radius 1 is 0.254 bits per heavy atom. The van der Waals surface area contributed by atoms with Crippen molar-refractivity contribution in [3.8, 4) is 33.6 Å². The summed E-state index contributed by atoms with van der Waals surface area (Å²) < 4.78 is 4.93. The van der Waals surface area contributed by atoms with Gasteiger partial charge in [0.2, 0.25) is 0 Å². The summed E-state index contributed by atoms with van der Waals surface area (Å²) in [6.07, 6.45) is 0. The fourth-order valence-electron chi connectivity index (χ4n) is 10.4. The lowest BCUT2D eigenvalue weighted by molar-refractivity contribution is 1.17. The lowest BCUT2D eigenvalue weighted by atomic mass is 9.99. The molecule has 0 aliphatic carbocycles. The molecule has 0 aliphatic heterocycles. The molecule has 2 heterocycles. The number of hydrogen-bond donors (Lipinski definition) is 0. The summed E-state index contributed by atoms with van der Waals surface area (Å²) in [5.74, 6) is 0. The van der Waals surface area contributed by atoms with Crippen LogP contribution < -0.4 is 20.7 Å². The minimum atomic E-state index is -2.69. The summed E-state index contributed by atoms with van der Waals surface area (Å²) in [6.45, 7) is 0. The number of nitrogens with zero attached hydrogens (tertiary/aromatic N) is 2. The maximum Gasteiger partial charge on any atom is 0.179 e. The Balaban J connectivity index is 1.10. The molecule has 0 saturated carbocycles. The van der Waals surface area contributed by atoms with Gasteiger partial charge in [0.05, 0.1) is 22.1 Å². The van der Waals surface area contributed by atoms with Crippen LogP contribution in [-0.2, 0) is 0 Å². The highest BCUT2D eigenvalue weighted by Gasteiger charge is 2.41. The molecule has 0 atom stereocenters. The predicted octanol–water partition coefficient (Wildman–Crippen LogP) is 12.6. The van der Waals surface area contributed by atoms with Crippen molar-refractivity contribution >= 4 is 72.4 Å². The van der Waals surface area contributed by atoms with Crippen molar-refractivity contribution in [2.45, 2.75) is 0 Å². The second-order valence-corrected chi connectivity index (χ2v) is 20.2. The van der Waals surface area contributed by atoms with Crippen LogP contribution in [0.1, 0.15) is 0 Å². The number of hydrogen-bond acceptors (Lipinski definition) is 0. The molecule has 0 amide bonds. The SMILES string of the molecule is c1ccc(-c2cccc3c2c2ccccc2n3-c2ccc3c(c2)c2c(-c4ccccc4)cccc2n3-c2ccc([Si](c3ccccc3)(c3ccccc3)c3ccccc3)cc2)cc1. The molecule has 63 heavy (non-hydrogen) atoms. The zero-order chi connectivity index (χ0) is 41.7. The largest absolute Gasteiger partial charge is 0.309 e. The number of benzene rings is 10. The predicted molar refractivity (Wildman–Crippen MR) is 270 cm³/mol. The first kappa shape index (κ1) is 36.8. The molecular weight excluding hydrogens is 777 g/mol. The molecule has 0 bridgehead atoms. The first-order valence-corrected chi connectivity index (χ1v) is 23.8. The molecule has 12 rings (SSSR count). The van der Waals surface area contributed by atoms with E-state index in [4.69, 9.17) is 0 Å². The molecule has 0 spiro atoms. The quantitative estimate of drug-likeness (QED) is 0.107. The zero-order valence-corrected chi connectivity index (χ0v) is 35.6. The van der Waals surface area contributed by atoms with E-state index in [2.05, 4.69) is 264 Å². The lowest BCUT2D eigenvalue weighted by Crippen LogP contribution is -2.74. The van der Waals surface area contributed by atoms with Crippen molar-refractivity contribution in [3.05, 3.63) is 255 Å². The third-order valence-electron chi connectivity index (χ3n) is 13.1. The lowest BCUT2D eigenvalue weighted by Gasteiger charge is -2.34. The molecule has 12 aromatic rings. The minimum Gasteiger partial charge on any atom is -0.309 e. The third-order valence-corrected chi connectivity index (χ3v) is 17.9. The highest BCUT2D eigenvalue weighted by atomic mass is 28.3. The van der Waals surface area contributed by atoms with Crippen LogP contribution in [0.4, 0.5) is 0 Å². The molecule has 0 radical (unpaired) electrons. The Kier molecular flexibility index (Phi) is 8.87. The summed E-state index contributed by atoms with van der Waals surface area (Å²) in [5, 5.41) is 10.4. The summed E-state index contributed by atoms with van der Waals surface area (Å²) in [4.78, 5) is 0. The average molecular weight is 819 g/mol. The van der Waals surface area contributed by atoms with Crippen LogP contribution >= 0.6 is 0 Å². The van der Waals surface area contributed by atoms with Crippen molar-refractivity contribution < 1.29 is 0 Å². The van der Waals surface area contributed by atoms with Crippen LogP contribution in [0.2, 0.25) is 0 Å². The van der Waals surface area contributed by atoms with E-state index in [1.54, 1.807) is 0 Å². The fraction of sp³-hybridized carbons (Fsp3) is 0. The number of fused-ring (bicyclic) bond motifs is 6. The first-order valence-electron chi connectivity index (χ1n) is 21.8. The molecule has 10 aromatic carbocycles. The number of aromatic nitrogens is 2. The van der Waals surface area contributed by atoms with Gasteiger partial charge in [-0.15, -0.1) is 0 Å². The molecule has 0 unspecified atom stereocenters. The molecule has 296 valence electrons. The van der Waals surface area contributed by atoms with Gasteiger partial charge in [0, 0.05) is 32.9 Å². The normalized spacial score (nSPS) is 11.8. The maximum absolute atomic E-state index is 2.69. The summed E-state index contributed by atoms with van der Waals surface area (Å²) in [6, 6.07) is 94.1. The topological polar surface area (TPSA) is 9.86 Å². The summed E-state index contributed by atoms with van der Waals surface area (Å²) in [5.41, 5.74) is 11.9. The molecular formula is C60H42N2Si. The highest BCUT2D eigenvalue weighted by Crippen LogP contribution is 2.42. The second-order valence-electron chi connectivity index (χ2n) is 16.4. The van der Waals surface area contributed by atoms with Gasteiger partial charge < -0.3 is 9.13 Å². The van der Waals surface area contributed by atoms with Gasteiger partial charge in [0.25, 0.3) is 0 Å². The number of rotatable bonds is 8. The van der Waals surface area contributed by atoms with Crippen LogP contribution in [0.3, 0.4) is 0 Å². The van der Waals surface area contributed by atoms with Gasteiger partial charge in [-0.25, -0.2) is 0 Å². The monoisotopic (exact) mass is 818 g/mol. The standard InChI is InChI=1S/C60H42N2Si/c1-6-20-43(21-7-1)51-31-18-34-57-59(51)53-30-16-17-33-55(53)62(57)46-38-41-56-54(42-46)60-52(44-22-8-2-9-23-44)32-19-35-58(60)61(56)45-36-39-50(40-37-45)63(47-24-10-3-11-25-47,48-26-12-4-13-27-48)49-28-14-5-15-29-49/h1-42H. The average Bonchev–Trinajstić information content (AvgIpc) is 3.89. The van der Waals surface area contributed by atoms with Gasteiger partial charge in [-0.1, -0.05) is 206 Å². The zero-order valence-electron chi connectivity index (χ0n) is 34.6. The van der Waals surface area contributed by atoms with Gasteiger partial charge in [0.15, 0.2) is 8.07 Å². The number of para-hydroxylation sites is 1. The summed E-state index contributed by atoms with van der Waals surface area (Å²) in [7, 11) is -2.69. The smallest absolute Gasteiger partial charge is 0.179 e. The maximum atomic E-state index is 2.47. The van der Waals surface area contributed by atoms with E-state index >= 15 is 0 Å². The van der Waals surface area contributed by atoms with Gasteiger partial charge in [-0.05, 0) is 91.5 Å². The van der Waals surface area contributed by atoms with E-state index in [0.29, 0.717) is 0 Å². The van der Waals surface area contributed by atoms with E-state index in [-0.39, 0.29) is 0 Å². The highest BCUT2D eigenvalue weighted by molar-refractivity contribution is 7.19. The Morgan fingerprint density at radius 3 is 1.16 bits per heavy atom. The Labute approximate surface area is 368 Å². The van der Waals surface area contributed by atoms with E-state index in [0.717, 1.165) is 11.4 Å². The van der Waals surface area contributed by atoms with Crippen LogP contribution in [0.15, 0.2) is 255 Å². The molecule has 0 fully saturated rings. The van der Waals surface area contributed by atoms with Crippen LogP contribution in [0, 0.1) is 0 Å². The minimum absolute atomic E-state index is 1.14. The van der Waals surface area contributed by atoms with Crippen molar-refractivity contribution in [2.24, 2.45) is 0 Å². The Bertz CT molecular complexity index is 3480. The summed E-state index contributed by atoms with van der Waals surface area (Å²) >= 11 is 0. The van der Waals surface area contributed by atoms with Gasteiger partial charge in [-0.2, -0.15) is 0 Å². The van der Waals surface area contributed by atoms with E-state index in [1.165, 1.54) is 86.6 Å². The van der Waals surface area contributed by atoms with E-state index in [9.17, 15) is 0 Å². The fourth-order valence-corrected chi connectivity index (χ4v) is 15.2. The first-order chi connectivity index (χ1) is 31.3. The van der Waals surface area contributed by atoms with Crippen molar-refractivity contribution in [1.82, 2.24) is 9.13 Å². The van der Waals surface area contributed by atoms with Crippen LogP contribution in [0.25, 0.3) is 77.2 Å². The molecule has 3 heteroatoms. The Morgan fingerprint density at radius 2 is 0.635 bits per heavy atom. The van der Waals surface area contributed by atoms with Crippen molar-refractivity contribution in [1.29, 1.82) is 0 Å². The van der Waals surface area contributed by atoms with Crippen molar-refractivity contribution in [3.63, 3.8) is 0 Å². The van der Waals surface area contributed by atoms with E-state index in [1.807, 2.05) is 0 Å². The van der Waals surface area contributed by atoms with Gasteiger partial charge in [-0.3, -0.25) is 0 Å². The third kappa shape index (κ3) is 5.85. The Hall–Kier alpha value is -7.98. The molecule has 0 aliphatic rings. The van der Waals surface area contributed by atoms with Crippen LogP contribution in [-0.4, -0.2) is 17.2 Å². The second kappa shape index (κ2) is 15.2. The van der Waals surface area contributed by atoms with Gasteiger partial charge >= 0.3 is 0 Å². The molecule has 2 nitrogen and oxygen atoms in total. The van der Waals surface area contributed by atoms with Gasteiger partial charge in [0.1, 0.15) is 0 Å². The molecule has 0 N–H and O–H groups in total. The van der Waals surface area contributed by atoms with Crippen LogP contribution in [0.5, 0.6) is 0 Å². The van der Waals surface area contributed by atoms with E-state index < -0.39 is 8.07 Å². The molecule has 2 aromatic heterocycles. The molecule has 0 saturated heterocycles.